The summed E-state index contributed by atoms with van der Waals surface area (Å²) < 4.78 is 5.29. The highest BCUT2D eigenvalue weighted by Crippen LogP contribution is 2.22. The van der Waals surface area contributed by atoms with E-state index in [4.69, 9.17) is 4.74 Å². The summed E-state index contributed by atoms with van der Waals surface area (Å²) in [6, 6.07) is 9.54. The smallest absolute Gasteiger partial charge is 0.210 e. The van der Waals surface area contributed by atoms with Crippen LogP contribution in [0.15, 0.2) is 36.4 Å². The molecule has 1 aliphatic rings. The Bertz CT molecular complexity index is 498. The van der Waals surface area contributed by atoms with Crippen LogP contribution in [0, 0.1) is 22.0 Å². The first-order valence-corrected chi connectivity index (χ1v) is 6.62. The molecule has 0 radical (unpaired) electrons. The van der Waals surface area contributed by atoms with Crippen LogP contribution in [0.2, 0.25) is 0 Å². The molecule has 5 nitrogen and oxygen atoms in total. The minimum Gasteiger partial charge on any atom is -0.380 e. The van der Waals surface area contributed by atoms with Crippen molar-refractivity contribution in [3.8, 4) is 0 Å². The van der Waals surface area contributed by atoms with Crippen molar-refractivity contribution in [1.29, 1.82) is 0 Å². The molecule has 2 unspecified atom stereocenters. The summed E-state index contributed by atoms with van der Waals surface area (Å²) in [7, 11) is 0. The van der Waals surface area contributed by atoms with E-state index >= 15 is 0 Å². The molecule has 0 spiro atoms. The van der Waals surface area contributed by atoms with Gasteiger partial charge in [-0.15, -0.1) is 0 Å². The van der Waals surface area contributed by atoms with Gasteiger partial charge in [-0.05, 0) is 5.56 Å². The maximum Gasteiger partial charge on any atom is 0.210 e. The average molecular weight is 275 g/mol. The molecular formula is C15H17NO4. The van der Waals surface area contributed by atoms with E-state index in [0.29, 0.717) is 13.0 Å². The minimum absolute atomic E-state index is 0.0563. The fourth-order valence-corrected chi connectivity index (χ4v) is 2.32. The fourth-order valence-electron chi connectivity index (χ4n) is 2.32. The van der Waals surface area contributed by atoms with Crippen molar-refractivity contribution in [3.63, 3.8) is 0 Å². The lowest BCUT2D eigenvalue weighted by Crippen LogP contribution is -2.35. The van der Waals surface area contributed by atoms with Crippen LogP contribution in [0.4, 0.5) is 0 Å². The minimum atomic E-state index is -0.419. The molecule has 2 rings (SSSR count). The normalized spacial score (nSPS) is 21.0. The largest absolute Gasteiger partial charge is 0.380 e. The Labute approximate surface area is 117 Å². The molecule has 5 heteroatoms. The number of Topliss-reactive ketones (excluding diaryl/α,β-unsaturated/α-hetero) is 1. The number of rotatable bonds is 5. The Kier molecular flexibility index (Phi) is 5.01. The number of ketones is 1. The van der Waals surface area contributed by atoms with Gasteiger partial charge in [-0.2, -0.15) is 0 Å². The zero-order valence-corrected chi connectivity index (χ0v) is 11.1. The van der Waals surface area contributed by atoms with E-state index in [9.17, 15) is 14.9 Å². The highest BCUT2D eigenvalue weighted by molar-refractivity contribution is 5.82. The van der Waals surface area contributed by atoms with Gasteiger partial charge < -0.3 is 4.74 Å². The zero-order chi connectivity index (χ0) is 14.4. The summed E-state index contributed by atoms with van der Waals surface area (Å²) in [5.74, 6) is -0.770. The van der Waals surface area contributed by atoms with E-state index in [1.54, 1.807) is 6.08 Å². The summed E-state index contributed by atoms with van der Waals surface area (Å²) in [6.45, 7) is 0.447. The van der Waals surface area contributed by atoms with E-state index in [1.807, 2.05) is 36.4 Å². The van der Waals surface area contributed by atoms with Crippen LogP contribution in [0.5, 0.6) is 0 Å². The Morgan fingerprint density at radius 1 is 1.40 bits per heavy atom. The molecule has 1 fully saturated rings. The summed E-state index contributed by atoms with van der Waals surface area (Å²) in [5, 5.41) is 10.8. The second-order valence-corrected chi connectivity index (χ2v) is 4.85. The number of ether oxygens (including phenoxy) is 1. The van der Waals surface area contributed by atoms with Crippen molar-refractivity contribution in [3.05, 3.63) is 52.1 Å². The number of nitrogens with zero attached hydrogens (tertiary/aromatic N) is 1. The topological polar surface area (TPSA) is 69.4 Å². The molecule has 0 aliphatic carbocycles. The summed E-state index contributed by atoms with van der Waals surface area (Å²) in [5.41, 5.74) is 0.963. The van der Waals surface area contributed by atoms with Gasteiger partial charge in [0.1, 0.15) is 5.78 Å². The molecule has 0 bridgehead atoms. The molecule has 1 aromatic carbocycles. The average Bonchev–Trinajstić information content (AvgIpc) is 2.45. The Balaban J connectivity index is 2.12. The summed E-state index contributed by atoms with van der Waals surface area (Å²) >= 11 is 0. The molecule has 106 valence electrons. The van der Waals surface area contributed by atoms with Crippen molar-refractivity contribution < 1.29 is 14.5 Å². The van der Waals surface area contributed by atoms with Gasteiger partial charge in [0, 0.05) is 11.3 Å². The van der Waals surface area contributed by atoms with E-state index < -0.39 is 11.8 Å². The second kappa shape index (κ2) is 6.96. The highest BCUT2D eigenvalue weighted by atomic mass is 16.6. The molecule has 1 aliphatic heterocycles. The molecule has 1 saturated heterocycles. The third-order valence-electron chi connectivity index (χ3n) is 3.42. The molecule has 1 heterocycles. The van der Waals surface area contributed by atoms with Crippen molar-refractivity contribution >= 4 is 11.9 Å². The van der Waals surface area contributed by atoms with E-state index in [0.717, 1.165) is 5.56 Å². The number of nitro groups is 1. The van der Waals surface area contributed by atoms with Gasteiger partial charge in [0.25, 0.3) is 0 Å². The molecule has 0 aromatic heterocycles. The molecule has 20 heavy (non-hydrogen) atoms. The van der Waals surface area contributed by atoms with Crippen molar-refractivity contribution in [2.45, 2.75) is 6.42 Å². The third-order valence-corrected chi connectivity index (χ3v) is 3.42. The summed E-state index contributed by atoms with van der Waals surface area (Å²) in [4.78, 5) is 22.3. The predicted molar refractivity (Wildman–Crippen MR) is 74.8 cm³/mol. The quantitative estimate of drug-likeness (QED) is 0.610. The number of carbonyl (C=O) groups is 1. The first-order valence-electron chi connectivity index (χ1n) is 6.62. The maximum absolute atomic E-state index is 11.9. The first-order chi connectivity index (χ1) is 9.66. The molecule has 2 atom stereocenters. The third kappa shape index (κ3) is 3.99. The monoisotopic (exact) mass is 275 g/mol. The van der Waals surface area contributed by atoms with Crippen molar-refractivity contribution in [2.75, 3.05) is 19.8 Å². The first kappa shape index (κ1) is 14.4. The van der Waals surface area contributed by atoms with Gasteiger partial charge in [0.15, 0.2) is 0 Å². The van der Waals surface area contributed by atoms with Crippen molar-refractivity contribution in [2.24, 2.45) is 11.8 Å². The van der Waals surface area contributed by atoms with E-state index in [1.165, 1.54) is 0 Å². The fraction of sp³-hybridized carbons (Fsp3) is 0.400. The van der Waals surface area contributed by atoms with E-state index in [2.05, 4.69) is 0 Å². The van der Waals surface area contributed by atoms with Gasteiger partial charge in [-0.3, -0.25) is 14.9 Å². The lowest BCUT2D eigenvalue weighted by atomic mass is 9.86. The zero-order valence-electron chi connectivity index (χ0n) is 11.1. The molecule has 1 aromatic rings. The van der Waals surface area contributed by atoms with Gasteiger partial charge in [-0.25, -0.2) is 0 Å². The SMILES string of the molecule is O=C1CCOCC1C(/C=C/c1ccccc1)C[N+](=O)[O-]. The van der Waals surface area contributed by atoms with Crippen LogP contribution in [-0.4, -0.2) is 30.5 Å². The maximum atomic E-state index is 11.9. The number of benzene rings is 1. The lowest BCUT2D eigenvalue weighted by Gasteiger charge is -2.24. The molecule has 0 N–H and O–H groups in total. The second-order valence-electron chi connectivity index (χ2n) is 4.85. The Morgan fingerprint density at radius 2 is 2.15 bits per heavy atom. The Morgan fingerprint density at radius 3 is 2.80 bits per heavy atom. The standard InChI is InChI=1S/C15H17NO4/c17-15-8-9-20-11-14(15)13(10-16(18)19)7-6-12-4-2-1-3-5-12/h1-7,13-14H,8-11H2/b7-6+. The van der Waals surface area contributed by atoms with Crippen molar-refractivity contribution in [1.82, 2.24) is 0 Å². The highest BCUT2D eigenvalue weighted by Gasteiger charge is 2.32. The number of hydrogen-bond acceptors (Lipinski definition) is 4. The van der Waals surface area contributed by atoms with Crippen LogP contribution in [0.1, 0.15) is 12.0 Å². The van der Waals surface area contributed by atoms with E-state index in [-0.39, 0.29) is 23.9 Å². The van der Waals surface area contributed by atoms with Crippen LogP contribution < -0.4 is 0 Å². The summed E-state index contributed by atoms with van der Waals surface area (Å²) in [6.07, 6.45) is 3.93. The lowest BCUT2D eigenvalue weighted by molar-refractivity contribution is -0.487. The van der Waals surface area contributed by atoms with Gasteiger partial charge in [0.2, 0.25) is 6.54 Å². The van der Waals surface area contributed by atoms with Gasteiger partial charge in [0.05, 0.1) is 25.0 Å². The Hall–Kier alpha value is -2.01. The number of hydrogen-bond donors (Lipinski definition) is 0. The number of carbonyl (C=O) groups excluding carboxylic acids is 1. The van der Waals surface area contributed by atoms with Crippen LogP contribution >= 0.6 is 0 Å². The molecular weight excluding hydrogens is 258 g/mol. The molecule has 0 saturated carbocycles. The van der Waals surface area contributed by atoms with Gasteiger partial charge in [-0.1, -0.05) is 42.5 Å². The molecule has 0 amide bonds. The van der Waals surface area contributed by atoms with Gasteiger partial charge >= 0.3 is 0 Å². The van der Waals surface area contributed by atoms with Crippen LogP contribution in [0.25, 0.3) is 6.08 Å². The predicted octanol–water partition coefficient (Wildman–Crippen LogP) is 2.20. The van der Waals surface area contributed by atoms with Crippen LogP contribution in [-0.2, 0) is 9.53 Å². The van der Waals surface area contributed by atoms with Crippen LogP contribution in [0.3, 0.4) is 0 Å².